The first kappa shape index (κ1) is 21.5. The lowest BCUT2D eigenvalue weighted by Gasteiger charge is -2.33. The maximum absolute atomic E-state index is 14.0. The second-order valence-corrected chi connectivity index (χ2v) is 9.79. The Bertz CT molecular complexity index is 886. The van der Waals surface area contributed by atoms with Crippen molar-refractivity contribution in [3.63, 3.8) is 0 Å². The molecule has 2 N–H and O–H groups in total. The first-order valence-corrected chi connectivity index (χ1v) is 11.2. The van der Waals surface area contributed by atoms with Crippen molar-refractivity contribution in [3.8, 4) is 5.75 Å². The first-order chi connectivity index (χ1) is 14.1. The van der Waals surface area contributed by atoms with Crippen LogP contribution in [0.1, 0.15) is 76.3 Å². The van der Waals surface area contributed by atoms with Crippen molar-refractivity contribution in [3.05, 3.63) is 41.5 Å². The summed E-state index contributed by atoms with van der Waals surface area (Å²) in [5.41, 5.74) is 5.66. The number of benzene rings is 2. The fourth-order valence-electron chi connectivity index (χ4n) is 5.39. The topological polar surface area (TPSA) is 35.2 Å². The Morgan fingerprint density at radius 1 is 0.867 bits per heavy atom. The van der Waals surface area contributed by atoms with Gasteiger partial charge in [0, 0.05) is 5.54 Å². The molecule has 0 heterocycles. The number of hydrogen-bond donors (Lipinski definition) is 1. The molecule has 0 bridgehead atoms. The van der Waals surface area contributed by atoms with Crippen LogP contribution >= 0.6 is 0 Å². The molecule has 0 saturated heterocycles. The van der Waals surface area contributed by atoms with Gasteiger partial charge in [0.1, 0.15) is 11.3 Å². The molecular formula is C25H32F3NO. The van der Waals surface area contributed by atoms with E-state index in [-0.39, 0.29) is 17.2 Å². The van der Waals surface area contributed by atoms with Crippen LogP contribution in [0.25, 0.3) is 10.8 Å². The predicted octanol–water partition coefficient (Wildman–Crippen LogP) is 7.18. The molecule has 2 aliphatic rings. The van der Waals surface area contributed by atoms with Gasteiger partial charge in [-0.25, -0.2) is 0 Å². The summed E-state index contributed by atoms with van der Waals surface area (Å²) in [5, 5.41) is 0.711. The summed E-state index contributed by atoms with van der Waals surface area (Å²) in [6.45, 7) is 3.69. The highest BCUT2D eigenvalue weighted by Gasteiger charge is 2.38. The molecule has 0 aromatic heterocycles. The number of alkyl halides is 3. The molecule has 0 spiro atoms. The smallest absolute Gasteiger partial charge is 0.420 e. The molecule has 0 radical (unpaired) electrons. The van der Waals surface area contributed by atoms with Gasteiger partial charge in [-0.1, -0.05) is 43.9 Å². The van der Waals surface area contributed by atoms with Gasteiger partial charge < -0.3 is 10.5 Å². The molecule has 5 heteroatoms. The van der Waals surface area contributed by atoms with Crippen molar-refractivity contribution >= 4 is 10.8 Å². The van der Waals surface area contributed by atoms with E-state index in [9.17, 15) is 13.2 Å². The Morgan fingerprint density at radius 3 is 2.10 bits per heavy atom. The maximum Gasteiger partial charge on any atom is 0.420 e. The van der Waals surface area contributed by atoms with E-state index in [1.807, 2.05) is 13.8 Å². The van der Waals surface area contributed by atoms with Crippen molar-refractivity contribution < 1.29 is 17.9 Å². The standard InChI is InChI=1S/C25H32F3NO/c1-24(2,29)19-10-13-21-18(15-19)9-14-22(23(21)25(26,27)28)30-20-11-7-17(8-12-20)16-5-3-4-6-16/h9-10,13-17,20H,3-8,11-12,29H2,1-2H3/t17-,20-. The Hall–Kier alpha value is -1.75. The lowest BCUT2D eigenvalue weighted by molar-refractivity contribution is -0.138. The van der Waals surface area contributed by atoms with Gasteiger partial charge in [-0.2, -0.15) is 13.2 Å². The number of rotatable bonds is 4. The van der Waals surface area contributed by atoms with Gasteiger partial charge in [-0.3, -0.25) is 0 Å². The zero-order chi connectivity index (χ0) is 21.5. The molecule has 30 heavy (non-hydrogen) atoms. The molecule has 2 nitrogen and oxygen atoms in total. The minimum absolute atomic E-state index is 0.0425. The van der Waals surface area contributed by atoms with Crippen LogP contribution < -0.4 is 10.5 Å². The SMILES string of the molecule is CC(C)(N)c1ccc2c(C(F)(F)F)c(O[C@H]3CC[C@H](C4CCCC4)CC3)ccc2c1. The molecule has 2 aromatic rings. The van der Waals surface area contributed by atoms with E-state index in [0.29, 0.717) is 5.39 Å². The predicted molar refractivity (Wildman–Crippen MR) is 114 cm³/mol. The van der Waals surface area contributed by atoms with Gasteiger partial charge in [0.15, 0.2) is 0 Å². The highest BCUT2D eigenvalue weighted by atomic mass is 19.4. The summed E-state index contributed by atoms with van der Waals surface area (Å²) >= 11 is 0. The minimum atomic E-state index is -4.48. The molecule has 0 aliphatic heterocycles. The van der Waals surface area contributed by atoms with E-state index < -0.39 is 17.3 Å². The van der Waals surface area contributed by atoms with Crippen LogP contribution in [0, 0.1) is 11.8 Å². The summed E-state index contributed by atoms with van der Waals surface area (Å²) in [4.78, 5) is 0. The van der Waals surface area contributed by atoms with Gasteiger partial charge in [0.25, 0.3) is 0 Å². The largest absolute Gasteiger partial charge is 0.490 e. The Kier molecular flexibility index (Phi) is 5.78. The number of hydrogen-bond acceptors (Lipinski definition) is 2. The third-order valence-electron chi connectivity index (χ3n) is 7.09. The summed E-state index contributed by atoms with van der Waals surface area (Å²) < 4.78 is 48.1. The van der Waals surface area contributed by atoms with Crippen molar-refractivity contribution in [1.29, 1.82) is 0 Å². The van der Waals surface area contributed by atoms with Gasteiger partial charge in [0.2, 0.25) is 0 Å². The number of halogens is 3. The summed E-state index contributed by atoms with van der Waals surface area (Å²) in [7, 11) is 0. The average molecular weight is 420 g/mol. The molecule has 0 amide bonds. The Morgan fingerprint density at radius 2 is 1.50 bits per heavy atom. The van der Waals surface area contributed by atoms with Crippen LogP contribution in [0.2, 0.25) is 0 Å². The van der Waals surface area contributed by atoms with Crippen molar-refractivity contribution in [2.45, 2.75) is 83.0 Å². The molecular weight excluding hydrogens is 387 g/mol. The quantitative estimate of drug-likeness (QED) is 0.570. The minimum Gasteiger partial charge on any atom is -0.490 e. The molecule has 0 unspecified atom stereocenters. The van der Waals surface area contributed by atoms with E-state index in [4.69, 9.17) is 10.5 Å². The molecule has 2 saturated carbocycles. The van der Waals surface area contributed by atoms with E-state index in [2.05, 4.69) is 0 Å². The normalized spacial score (nSPS) is 23.8. The van der Waals surface area contributed by atoms with Crippen LogP contribution in [0.15, 0.2) is 30.3 Å². The fourth-order valence-corrected chi connectivity index (χ4v) is 5.39. The van der Waals surface area contributed by atoms with Crippen molar-refractivity contribution in [1.82, 2.24) is 0 Å². The fraction of sp³-hybridized carbons (Fsp3) is 0.600. The molecule has 2 aliphatic carbocycles. The monoisotopic (exact) mass is 419 g/mol. The van der Waals surface area contributed by atoms with E-state index in [1.165, 1.54) is 37.8 Å². The van der Waals surface area contributed by atoms with E-state index >= 15 is 0 Å². The van der Waals surface area contributed by atoms with Crippen molar-refractivity contribution in [2.75, 3.05) is 0 Å². The van der Waals surface area contributed by atoms with Crippen LogP contribution in [-0.2, 0) is 11.7 Å². The average Bonchev–Trinajstić information content (AvgIpc) is 3.21. The highest BCUT2D eigenvalue weighted by Crippen LogP contribution is 2.44. The Balaban J connectivity index is 1.58. The Labute approximate surface area is 177 Å². The number of nitrogens with two attached hydrogens (primary N) is 1. The summed E-state index contributed by atoms with van der Waals surface area (Å²) in [6, 6.07) is 8.18. The second-order valence-electron chi connectivity index (χ2n) is 9.79. The third-order valence-corrected chi connectivity index (χ3v) is 7.09. The van der Waals surface area contributed by atoms with Crippen LogP contribution in [0.5, 0.6) is 5.75 Å². The number of ether oxygens (including phenoxy) is 1. The van der Waals surface area contributed by atoms with Gasteiger partial charge >= 0.3 is 6.18 Å². The summed E-state index contributed by atoms with van der Waals surface area (Å²) in [5.74, 6) is 1.50. The zero-order valence-corrected chi connectivity index (χ0v) is 17.9. The van der Waals surface area contributed by atoms with Gasteiger partial charge in [-0.15, -0.1) is 0 Å². The second kappa shape index (κ2) is 8.07. The lowest BCUT2D eigenvalue weighted by Crippen LogP contribution is -2.28. The maximum atomic E-state index is 14.0. The van der Waals surface area contributed by atoms with Crippen LogP contribution in [0.4, 0.5) is 13.2 Å². The lowest BCUT2D eigenvalue weighted by atomic mass is 9.78. The molecule has 0 atom stereocenters. The highest BCUT2D eigenvalue weighted by molar-refractivity contribution is 5.89. The van der Waals surface area contributed by atoms with Crippen molar-refractivity contribution in [2.24, 2.45) is 17.6 Å². The van der Waals surface area contributed by atoms with Crippen LogP contribution in [0.3, 0.4) is 0 Å². The van der Waals surface area contributed by atoms with Crippen LogP contribution in [-0.4, -0.2) is 6.10 Å². The molecule has 164 valence electrons. The van der Waals surface area contributed by atoms with E-state index in [0.717, 1.165) is 43.1 Å². The molecule has 4 rings (SSSR count). The van der Waals surface area contributed by atoms with E-state index in [1.54, 1.807) is 18.2 Å². The third kappa shape index (κ3) is 4.46. The van der Waals surface area contributed by atoms with Gasteiger partial charge in [0.05, 0.1) is 6.10 Å². The first-order valence-electron chi connectivity index (χ1n) is 11.2. The summed E-state index contributed by atoms with van der Waals surface area (Å²) in [6.07, 6.45) is 4.51. The number of fused-ring (bicyclic) bond motifs is 1. The zero-order valence-electron chi connectivity index (χ0n) is 17.9. The molecule has 2 aromatic carbocycles. The van der Waals surface area contributed by atoms with Gasteiger partial charge in [-0.05, 0) is 79.8 Å². The molecule has 2 fully saturated rings.